The third kappa shape index (κ3) is 3.77. The number of H-pyrrole nitrogens is 1. The molecule has 0 atom stereocenters. The van der Waals surface area contributed by atoms with Crippen molar-refractivity contribution in [2.24, 2.45) is 0 Å². The van der Waals surface area contributed by atoms with E-state index in [1.807, 2.05) is 0 Å². The highest BCUT2D eigenvalue weighted by molar-refractivity contribution is 6.30. The number of rotatable bonds is 4. The first kappa shape index (κ1) is 7.65. The van der Waals surface area contributed by atoms with Gasteiger partial charge < -0.3 is 4.90 Å². The van der Waals surface area contributed by atoms with Gasteiger partial charge in [-0.15, -0.1) is 0 Å². The van der Waals surface area contributed by atoms with Crippen LogP contribution in [0, 0.1) is 6.92 Å². The first-order valence-electron chi connectivity index (χ1n) is 10.6. The van der Waals surface area contributed by atoms with Crippen LogP contribution in [-0.4, -0.2) is 47.6 Å². The van der Waals surface area contributed by atoms with Gasteiger partial charge in [-0.25, -0.2) is 0 Å². The molecule has 0 amide bonds. The van der Waals surface area contributed by atoms with Crippen LogP contribution in [0.3, 0.4) is 0 Å². The Morgan fingerprint density at radius 1 is 1.29 bits per heavy atom. The summed E-state index contributed by atoms with van der Waals surface area (Å²) in [6.07, 6.45) is 0.118. The monoisotopic (exact) mass is 312 g/mol. The number of halogens is 1. The molecule has 5 heteroatoms. The van der Waals surface area contributed by atoms with Gasteiger partial charge in [-0.2, -0.15) is 5.10 Å². The van der Waals surface area contributed by atoms with Gasteiger partial charge in [-0.3, -0.25) is 10.00 Å². The molecule has 4 nitrogen and oxygen atoms in total. The highest BCUT2D eigenvalue weighted by atomic mass is 35.5. The molecule has 21 heavy (non-hydrogen) atoms. The van der Waals surface area contributed by atoms with E-state index in [4.69, 9.17) is 22.6 Å². The van der Waals surface area contributed by atoms with Crippen LogP contribution in [0.25, 0.3) is 0 Å². The number of hydrogen-bond donors (Lipinski definition) is 1. The zero-order chi connectivity index (χ0) is 21.8. The summed E-state index contributed by atoms with van der Waals surface area (Å²) < 4.78 is 67.5. The second-order valence-corrected chi connectivity index (χ2v) is 5.14. The van der Waals surface area contributed by atoms with E-state index in [1.54, 1.807) is 13.0 Å². The Morgan fingerprint density at radius 3 is 2.76 bits per heavy atom. The zero-order valence-corrected chi connectivity index (χ0v) is 12.3. The molecule has 3 rings (SSSR count). The second kappa shape index (κ2) is 6.50. The number of aromatic nitrogens is 2. The average molecular weight is 313 g/mol. The van der Waals surface area contributed by atoms with Gasteiger partial charge in [0.05, 0.1) is 11.2 Å². The predicted octanol–water partition coefficient (Wildman–Crippen LogP) is 2.74. The lowest BCUT2D eigenvalue weighted by Crippen LogP contribution is -2.47. The van der Waals surface area contributed by atoms with Crippen LogP contribution >= 0.6 is 11.6 Å². The van der Waals surface area contributed by atoms with Crippen LogP contribution in [0.2, 0.25) is 5.02 Å². The molecule has 112 valence electrons. The summed E-state index contributed by atoms with van der Waals surface area (Å²) in [6, 6.07) is 7.36. The molecule has 0 spiro atoms. The topological polar surface area (TPSA) is 35.2 Å². The van der Waals surface area contributed by atoms with Gasteiger partial charge in [0.1, 0.15) is 0 Å². The normalized spacial score (nSPS) is 31.6. The molecule has 2 aromatic rings. The third-order valence-electron chi connectivity index (χ3n) is 3.01. The van der Waals surface area contributed by atoms with Crippen molar-refractivity contribution in [1.29, 1.82) is 0 Å². The van der Waals surface area contributed by atoms with Crippen molar-refractivity contribution >= 4 is 17.3 Å². The molecule has 0 unspecified atom stereocenters. The lowest BCUT2D eigenvalue weighted by atomic mass is 10.2. The lowest BCUT2D eigenvalue weighted by Gasteiger charge is -2.36. The van der Waals surface area contributed by atoms with Gasteiger partial charge in [-0.1, -0.05) is 17.7 Å². The summed E-state index contributed by atoms with van der Waals surface area (Å²) in [5.41, 5.74) is 1.28. The van der Waals surface area contributed by atoms with Crippen molar-refractivity contribution in [3.63, 3.8) is 0 Å². The van der Waals surface area contributed by atoms with Gasteiger partial charge >= 0.3 is 0 Å². The fourth-order valence-corrected chi connectivity index (χ4v) is 2.15. The van der Waals surface area contributed by atoms with Crippen molar-refractivity contribution in [2.45, 2.75) is 13.3 Å². The van der Waals surface area contributed by atoms with Crippen molar-refractivity contribution in [1.82, 2.24) is 15.1 Å². The van der Waals surface area contributed by atoms with Crippen molar-refractivity contribution in [2.75, 3.05) is 37.4 Å². The Hall–Kier alpha value is -1.52. The number of nitrogens with zero attached hydrogens (tertiary/aromatic N) is 3. The minimum atomic E-state index is -2.91. The van der Waals surface area contributed by atoms with Crippen LogP contribution in [-0.2, 0) is 6.42 Å². The predicted molar refractivity (Wildman–Crippen MR) is 87.1 cm³/mol. The summed E-state index contributed by atoms with van der Waals surface area (Å²) in [6.45, 7) is -10.0. The van der Waals surface area contributed by atoms with E-state index in [1.165, 1.54) is 24.3 Å². The van der Waals surface area contributed by atoms with Crippen LogP contribution in [0.15, 0.2) is 30.3 Å². The standard InChI is InChI=1S/C16H21ClN4/c1-13-11-15(19-18-13)5-6-20-7-9-21(10-8-20)16-4-2-3-14(17)12-16/h2-4,11-12H,5-10H2,1H3,(H,18,19)/i7D2,8D2,9D2,10D2. The van der Waals surface area contributed by atoms with E-state index in [0.29, 0.717) is 15.5 Å². The van der Waals surface area contributed by atoms with E-state index in [-0.39, 0.29) is 23.7 Å². The van der Waals surface area contributed by atoms with Gasteiger partial charge in [0, 0.05) is 60.8 Å². The lowest BCUT2D eigenvalue weighted by molar-refractivity contribution is 0.260. The minimum absolute atomic E-state index is 0.0529. The van der Waals surface area contributed by atoms with E-state index >= 15 is 0 Å². The molecule has 1 aromatic heterocycles. The number of aryl methyl sites for hydroxylation is 1. The van der Waals surface area contributed by atoms with Crippen molar-refractivity contribution < 1.29 is 11.0 Å². The molecular weight excluding hydrogens is 284 g/mol. The molecule has 1 N–H and O–H groups in total. The summed E-state index contributed by atoms with van der Waals surface area (Å²) >= 11 is 5.96. The molecule has 0 radical (unpaired) electrons. The minimum Gasteiger partial charge on any atom is -0.369 e. The smallest absolute Gasteiger partial charge is 0.0637 e. The highest BCUT2D eigenvalue weighted by Gasteiger charge is 2.17. The number of aromatic amines is 1. The first-order chi connectivity index (χ1) is 13.2. The first-order valence-corrected chi connectivity index (χ1v) is 6.95. The fraction of sp³-hybridized carbons (Fsp3) is 0.438. The Bertz CT molecular complexity index is 873. The molecule has 0 aliphatic carbocycles. The van der Waals surface area contributed by atoms with E-state index in [9.17, 15) is 0 Å². The van der Waals surface area contributed by atoms with Crippen LogP contribution in [0.4, 0.5) is 5.69 Å². The summed E-state index contributed by atoms with van der Waals surface area (Å²) in [5, 5.41) is 6.97. The van der Waals surface area contributed by atoms with E-state index in [2.05, 4.69) is 10.2 Å². The largest absolute Gasteiger partial charge is 0.369 e. The zero-order valence-electron chi connectivity index (χ0n) is 19.5. The molecule has 0 saturated carbocycles. The Balaban J connectivity index is 2.06. The van der Waals surface area contributed by atoms with E-state index < -0.39 is 26.0 Å². The number of nitrogens with one attached hydrogen (secondary N) is 1. The van der Waals surface area contributed by atoms with Crippen molar-refractivity contribution in [3.05, 3.63) is 46.7 Å². The maximum Gasteiger partial charge on any atom is 0.0637 e. The molecule has 0 bridgehead atoms. The Kier molecular flexibility index (Phi) is 2.37. The summed E-state index contributed by atoms with van der Waals surface area (Å²) in [4.78, 5) is 1.10. The molecule has 1 aliphatic heterocycles. The van der Waals surface area contributed by atoms with Crippen LogP contribution in [0.5, 0.6) is 0 Å². The maximum atomic E-state index is 8.45. The highest BCUT2D eigenvalue weighted by Crippen LogP contribution is 2.20. The van der Waals surface area contributed by atoms with Gasteiger partial charge in [0.25, 0.3) is 0 Å². The SMILES string of the molecule is [2H]C1([2H])N(CCc2cc(C)[nH]n2)C([2H])([2H])C([2H])([2H])N(c2cccc(Cl)c2)C1([2H])[2H]. The number of benzene rings is 1. The average Bonchev–Trinajstić information content (AvgIpc) is 2.98. The molecule has 1 saturated heterocycles. The van der Waals surface area contributed by atoms with E-state index in [0.717, 1.165) is 5.69 Å². The third-order valence-corrected chi connectivity index (χ3v) is 3.25. The Morgan fingerprint density at radius 2 is 2.10 bits per heavy atom. The van der Waals surface area contributed by atoms with Crippen LogP contribution in [0.1, 0.15) is 22.4 Å². The van der Waals surface area contributed by atoms with Gasteiger partial charge in [-0.05, 0) is 31.2 Å². The van der Waals surface area contributed by atoms with Crippen molar-refractivity contribution in [3.8, 4) is 0 Å². The summed E-state index contributed by atoms with van der Waals surface area (Å²) in [7, 11) is 0. The molecular formula is C16H21ClN4. The molecule has 2 heterocycles. The molecule has 1 fully saturated rings. The number of piperazine rings is 1. The van der Waals surface area contributed by atoms with Gasteiger partial charge in [0.15, 0.2) is 0 Å². The van der Waals surface area contributed by atoms with Crippen LogP contribution < -0.4 is 4.90 Å². The fourth-order valence-electron chi connectivity index (χ4n) is 1.96. The van der Waals surface area contributed by atoms with Gasteiger partial charge in [0.2, 0.25) is 0 Å². The maximum absolute atomic E-state index is 8.45. The summed E-state index contributed by atoms with van der Waals surface area (Å²) in [5.74, 6) is 0. The molecule has 1 aromatic carbocycles. The Labute approximate surface area is 141 Å². The second-order valence-electron chi connectivity index (χ2n) is 4.71. The number of anilines is 1. The number of hydrogen-bond acceptors (Lipinski definition) is 3. The quantitative estimate of drug-likeness (QED) is 0.943. The molecule has 1 aliphatic rings.